The van der Waals surface area contributed by atoms with Crippen LogP contribution in [-0.4, -0.2) is 35.9 Å². The van der Waals surface area contributed by atoms with Crippen molar-refractivity contribution in [3.8, 4) is 5.75 Å². The molecule has 8 nitrogen and oxygen atoms in total. The van der Waals surface area contributed by atoms with Gasteiger partial charge in [0.15, 0.2) is 5.75 Å². The Kier molecular flexibility index (Phi) is 5.65. The number of nitrogens with zero attached hydrogens (tertiary/aromatic N) is 2. The van der Waals surface area contributed by atoms with Gasteiger partial charge in [0.2, 0.25) is 5.91 Å². The summed E-state index contributed by atoms with van der Waals surface area (Å²) >= 11 is 3.67. The number of aryl methyl sites for hydroxylation is 2. The summed E-state index contributed by atoms with van der Waals surface area (Å²) in [6.07, 6.45) is 6.23. The Bertz CT molecular complexity index is 1290. The Morgan fingerprint density at radius 2 is 1.97 bits per heavy atom. The van der Waals surface area contributed by atoms with Crippen molar-refractivity contribution < 1.29 is 14.3 Å². The number of ether oxygens (including phenoxy) is 1. The van der Waals surface area contributed by atoms with Gasteiger partial charge in [0.1, 0.15) is 5.82 Å². The van der Waals surface area contributed by atoms with Gasteiger partial charge in [-0.05, 0) is 65.7 Å². The first-order valence-corrected chi connectivity index (χ1v) is 11.8. The summed E-state index contributed by atoms with van der Waals surface area (Å²) in [5, 5.41) is 9.79. The van der Waals surface area contributed by atoms with E-state index in [4.69, 9.17) is 9.72 Å². The Labute approximate surface area is 199 Å². The third-order valence-electron chi connectivity index (χ3n) is 6.05. The van der Waals surface area contributed by atoms with Gasteiger partial charge in [0.05, 0.1) is 29.6 Å². The average molecular weight is 510 g/mol. The second-order valence-corrected chi connectivity index (χ2v) is 9.23. The molecule has 33 heavy (non-hydrogen) atoms. The lowest BCUT2D eigenvalue weighted by Crippen LogP contribution is -2.20. The fourth-order valence-corrected chi connectivity index (χ4v) is 4.75. The van der Waals surface area contributed by atoms with Gasteiger partial charge in [-0.3, -0.25) is 14.6 Å². The number of anilines is 3. The SMILES string of the molecule is CNC(=O)c1cnc(NC(=O)C2CC2)cc1Nc1cc(Br)c2nc3cc(c2c1OC)CCC3. The van der Waals surface area contributed by atoms with E-state index in [-0.39, 0.29) is 17.7 Å². The first kappa shape index (κ1) is 21.6. The standard InChI is InChI=1S/C24H24BrN5O3/c1-26-24(32)15-11-27-19(30-23(31)12-6-7-12)10-17(15)29-18-9-16(25)21-20(22(18)33-2)13-4-3-5-14(8-13)28-21/h8-12H,3-7H2,1-2H3,(H,26,32)(H2,27,29,30,31). The number of halogens is 1. The van der Waals surface area contributed by atoms with E-state index in [0.717, 1.165) is 53.2 Å². The topological polar surface area (TPSA) is 105 Å². The third-order valence-corrected chi connectivity index (χ3v) is 6.66. The number of carbonyl (C=O) groups excluding carboxylic acids is 2. The molecule has 3 N–H and O–H groups in total. The van der Waals surface area contributed by atoms with Crippen LogP contribution in [0.2, 0.25) is 0 Å². The van der Waals surface area contributed by atoms with Gasteiger partial charge in [-0.1, -0.05) is 0 Å². The molecule has 0 radical (unpaired) electrons. The summed E-state index contributed by atoms with van der Waals surface area (Å²) in [6, 6.07) is 5.71. The van der Waals surface area contributed by atoms with Crippen molar-refractivity contribution >= 4 is 55.8 Å². The first-order valence-electron chi connectivity index (χ1n) is 11.0. The molecule has 0 spiro atoms. The summed E-state index contributed by atoms with van der Waals surface area (Å²) < 4.78 is 6.68. The number of benzene rings is 1. The van der Waals surface area contributed by atoms with Crippen molar-refractivity contribution in [2.75, 3.05) is 24.8 Å². The molecule has 0 atom stereocenters. The fraction of sp³-hybridized carbons (Fsp3) is 0.333. The number of fused-ring (bicyclic) bond motifs is 4. The van der Waals surface area contributed by atoms with E-state index in [1.165, 1.54) is 11.8 Å². The number of hydrogen-bond donors (Lipinski definition) is 3. The number of nitrogens with one attached hydrogen (secondary N) is 3. The van der Waals surface area contributed by atoms with E-state index in [0.29, 0.717) is 28.5 Å². The summed E-state index contributed by atoms with van der Waals surface area (Å²) in [4.78, 5) is 33.8. The number of carbonyl (C=O) groups is 2. The highest BCUT2D eigenvalue weighted by Gasteiger charge is 2.30. The molecule has 170 valence electrons. The normalized spacial score (nSPS) is 14.6. The molecular weight excluding hydrogens is 486 g/mol. The van der Waals surface area contributed by atoms with Crippen LogP contribution in [0.3, 0.4) is 0 Å². The van der Waals surface area contributed by atoms with Crippen LogP contribution < -0.4 is 20.7 Å². The minimum atomic E-state index is -0.287. The maximum absolute atomic E-state index is 12.5. The van der Waals surface area contributed by atoms with Gasteiger partial charge in [0.25, 0.3) is 5.91 Å². The molecule has 1 fully saturated rings. The number of methoxy groups -OCH3 is 1. The van der Waals surface area contributed by atoms with Crippen LogP contribution in [0.5, 0.6) is 5.75 Å². The fourth-order valence-electron chi connectivity index (χ4n) is 4.23. The Morgan fingerprint density at radius 3 is 2.70 bits per heavy atom. The maximum atomic E-state index is 12.5. The molecule has 0 unspecified atom stereocenters. The lowest BCUT2D eigenvalue weighted by molar-refractivity contribution is -0.117. The molecule has 1 saturated carbocycles. The van der Waals surface area contributed by atoms with Crippen LogP contribution in [-0.2, 0) is 17.6 Å². The van der Waals surface area contributed by atoms with Crippen LogP contribution >= 0.6 is 15.9 Å². The summed E-state index contributed by atoms with van der Waals surface area (Å²) in [5.41, 5.74) is 4.70. The van der Waals surface area contributed by atoms with E-state index >= 15 is 0 Å². The number of aromatic nitrogens is 2. The quantitative estimate of drug-likeness (QED) is 0.456. The monoisotopic (exact) mass is 509 g/mol. The van der Waals surface area contributed by atoms with Crippen molar-refractivity contribution in [3.63, 3.8) is 0 Å². The lowest BCUT2D eigenvalue weighted by Gasteiger charge is -2.21. The van der Waals surface area contributed by atoms with E-state index in [2.05, 4.69) is 42.9 Å². The van der Waals surface area contributed by atoms with Crippen molar-refractivity contribution in [1.29, 1.82) is 0 Å². The van der Waals surface area contributed by atoms with E-state index in [9.17, 15) is 9.59 Å². The third kappa shape index (κ3) is 4.13. The van der Waals surface area contributed by atoms with Crippen LogP contribution in [0.1, 0.15) is 40.9 Å². The van der Waals surface area contributed by atoms with Gasteiger partial charge in [-0.15, -0.1) is 0 Å². The smallest absolute Gasteiger partial charge is 0.254 e. The number of hydrogen-bond acceptors (Lipinski definition) is 6. The van der Waals surface area contributed by atoms with Gasteiger partial charge >= 0.3 is 0 Å². The molecule has 0 aliphatic heterocycles. The van der Waals surface area contributed by atoms with Crippen LogP contribution in [0.4, 0.5) is 17.2 Å². The highest BCUT2D eigenvalue weighted by atomic mass is 79.9. The zero-order valence-corrected chi connectivity index (χ0v) is 20.0. The molecule has 1 aromatic carbocycles. The molecule has 9 heteroatoms. The molecule has 2 aliphatic carbocycles. The molecule has 2 bridgehead atoms. The molecular formula is C24H24BrN5O3. The van der Waals surface area contributed by atoms with Crippen LogP contribution in [0.25, 0.3) is 10.9 Å². The second kappa shape index (κ2) is 8.62. The van der Waals surface area contributed by atoms with Gasteiger partial charge in [-0.2, -0.15) is 0 Å². The van der Waals surface area contributed by atoms with E-state index < -0.39 is 0 Å². The number of rotatable bonds is 6. The number of amides is 2. The largest absolute Gasteiger partial charge is 0.494 e. The zero-order valence-electron chi connectivity index (χ0n) is 18.4. The molecule has 2 aliphatic rings. The highest BCUT2D eigenvalue weighted by molar-refractivity contribution is 9.10. The summed E-state index contributed by atoms with van der Waals surface area (Å²) in [7, 11) is 3.20. The maximum Gasteiger partial charge on any atom is 0.254 e. The van der Waals surface area contributed by atoms with Crippen molar-refractivity contribution in [2.45, 2.75) is 32.1 Å². The Hall–Kier alpha value is -3.20. The molecule has 3 aromatic rings. The average Bonchev–Trinajstić information content (AvgIpc) is 3.65. The summed E-state index contributed by atoms with van der Waals surface area (Å²) in [6.45, 7) is 0. The zero-order chi connectivity index (χ0) is 23.1. The van der Waals surface area contributed by atoms with Crippen molar-refractivity contribution in [1.82, 2.24) is 15.3 Å². The van der Waals surface area contributed by atoms with E-state index in [1.807, 2.05) is 6.07 Å². The minimum absolute atomic E-state index is 0.0480. The predicted molar refractivity (Wildman–Crippen MR) is 130 cm³/mol. The minimum Gasteiger partial charge on any atom is -0.494 e. The van der Waals surface area contributed by atoms with E-state index in [1.54, 1.807) is 20.2 Å². The molecule has 5 rings (SSSR count). The highest BCUT2D eigenvalue weighted by Crippen LogP contribution is 2.43. The summed E-state index contributed by atoms with van der Waals surface area (Å²) in [5.74, 6) is 0.765. The van der Waals surface area contributed by atoms with Crippen molar-refractivity contribution in [2.24, 2.45) is 5.92 Å². The Morgan fingerprint density at radius 1 is 1.15 bits per heavy atom. The molecule has 0 saturated heterocycles. The number of pyridine rings is 2. The van der Waals surface area contributed by atoms with Gasteiger partial charge in [-0.25, -0.2) is 4.98 Å². The first-order chi connectivity index (χ1) is 16.0. The molecule has 2 amide bonds. The van der Waals surface area contributed by atoms with Crippen LogP contribution in [0.15, 0.2) is 28.9 Å². The molecule has 2 heterocycles. The second-order valence-electron chi connectivity index (χ2n) is 8.37. The molecule has 2 aromatic heterocycles. The van der Waals surface area contributed by atoms with Gasteiger partial charge < -0.3 is 20.7 Å². The van der Waals surface area contributed by atoms with Crippen LogP contribution in [0, 0.1) is 5.92 Å². The predicted octanol–water partition coefficient (Wildman–Crippen LogP) is 4.34. The van der Waals surface area contributed by atoms with Gasteiger partial charge in [0, 0.05) is 40.8 Å². The Balaban J connectivity index is 1.60. The lowest BCUT2D eigenvalue weighted by atomic mass is 9.95. The van der Waals surface area contributed by atoms with Crippen molar-refractivity contribution in [3.05, 3.63) is 45.7 Å².